The lowest BCUT2D eigenvalue weighted by molar-refractivity contribution is -0.177. The molecule has 6 heteroatoms. The maximum Gasteiger partial charge on any atom is 0.410 e. The van der Waals surface area contributed by atoms with Gasteiger partial charge in [-0.1, -0.05) is 12.1 Å². The van der Waals surface area contributed by atoms with E-state index in [1.54, 1.807) is 19.1 Å². The van der Waals surface area contributed by atoms with Crippen molar-refractivity contribution in [3.05, 3.63) is 29.8 Å². The van der Waals surface area contributed by atoms with Crippen LogP contribution >= 0.6 is 0 Å². The first kappa shape index (κ1) is 20.0. The standard InChI is InChI=1S/C23H32N2O4/c1-21(2,3)29-20(27)25(4)17-10-16(11-17)24-19(26)23-12-22(13-23,14-23)15-6-8-18(28-5)9-7-15/h6-9,16-17H,10-14H2,1-5H3,(H,24,26). The lowest BCUT2D eigenvalue weighted by Crippen LogP contribution is -2.71. The van der Waals surface area contributed by atoms with Crippen LogP contribution < -0.4 is 10.1 Å². The summed E-state index contributed by atoms with van der Waals surface area (Å²) in [6.07, 6.45) is 4.10. The van der Waals surface area contributed by atoms with Crippen molar-refractivity contribution in [1.29, 1.82) is 0 Å². The van der Waals surface area contributed by atoms with Crippen molar-refractivity contribution < 1.29 is 19.1 Å². The first-order chi connectivity index (χ1) is 13.6. The summed E-state index contributed by atoms with van der Waals surface area (Å²) in [6.45, 7) is 5.60. The summed E-state index contributed by atoms with van der Waals surface area (Å²) in [5, 5.41) is 3.22. The number of methoxy groups -OCH3 is 1. The monoisotopic (exact) mass is 400 g/mol. The van der Waals surface area contributed by atoms with E-state index in [-0.39, 0.29) is 34.9 Å². The van der Waals surface area contributed by atoms with E-state index in [1.807, 2.05) is 32.9 Å². The second-order valence-corrected chi connectivity index (χ2v) is 10.2. The van der Waals surface area contributed by atoms with Gasteiger partial charge in [-0.2, -0.15) is 0 Å². The highest BCUT2D eigenvalue weighted by Gasteiger charge is 2.71. The Morgan fingerprint density at radius 3 is 2.21 bits per heavy atom. The molecule has 4 fully saturated rings. The molecule has 6 nitrogen and oxygen atoms in total. The van der Waals surface area contributed by atoms with Gasteiger partial charge < -0.3 is 19.7 Å². The molecule has 0 aliphatic heterocycles. The highest BCUT2D eigenvalue weighted by Crippen LogP contribution is 2.73. The Morgan fingerprint density at radius 2 is 1.69 bits per heavy atom. The van der Waals surface area contributed by atoms with Crippen molar-refractivity contribution in [2.45, 2.75) is 76.0 Å². The van der Waals surface area contributed by atoms with Crippen molar-refractivity contribution in [3.8, 4) is 5.75 Å². The number of hydrogen-bond acceptors (Lipinski definition) is 4. The molecule has 0 atom stereocenters. The zero-order chi connectivity index (χ0) is 21.0. The molecular weight excluding hydrogens is 368 g/mol. The highest BCUT2D eigenvalue weighted by molar-refractivity contribution is 5.88. The number of carbonyl (C=O) groups excluding carboxylic acids is 2. The number of nitrogens with one attached hydrogen (secondary N) is 1. The quantitative estimate of drug-likeness (QED) is 0.820. The van der Waals surface area contributed by atoms with E-state index in [9.17, 15) is 9.59 Å². The second kappa shape index (κ2) is 6.64. The first-order valence-electron chi connectivity index (χ1n) is 10.5. The van der Waals surface area contributed by atoms with Gasteiger partial charge in [-0.15, -0.1) is 0 Å². The van der Waals surface area contributed by atoms with Gasteiger partial charge in [0.1, 0.15) is 11.4 Å². The van der Waals surface area contributed by atoms with Crippen molar-refractivity contribution in [3.63, 3.8) is 0 Å². The first-order valence-corrected chi connectivity index (χ1v) is 10.5. The normalized spacial score (nSPS) is 32.2. The van der Waals surface area contributed by atoms with Crippen LogP contribution in [0.2, 0.25) is 0 Å². The van der Waals surface area contributed by atoms with Crippen LogP contribution in [0.15, 0.2) is 24.3 Å². The number of rotatable bonds is 5. The maximum atomic E-state index is 12.8. The van der Waals surface area contributed by atoms with Gasteiger partial charge in [-0.05, 0) is 76.0 Å². The van der Waals surface area contributed by atoms with E-state index in [1.165, 1.54) is 5.56 Å². The molecule has 4 aliphatic rings. The number of hydrogen-bond donors (Lipinski definition) is 1. The van der Waals surface area contributed by atoms with E-state index >= 15 is 0 Å². The largest absolute Gasteiger partial charge is 0.497 e. The summed E-state index contributed by atoms with van der Waals surface area (Å²) in [4.78, 5) is 26.6. The van der Waals surface area contributed by atoms with Gasteiger partial charge in [-0.3, -0.25) is 4.79 Å². The zero-order valence-corrected chi connectivity index (χ0v) is 18.1. The molecule has 0 saturated heterocycles. The fraction of sp³-hybridized carbons (Fsp3) is 0.652. The van der Waals surface area contributed by atoms with Crippen molar-refractivity contribution in [2.24, 2.45) is 5.41 Å². The molecule has 4 aliphatic carbocycles. The summed E-state index contributed by atoms with van der Waals surface area (Å²) in [5.41, 5.74) is 0.827. The number of benzene rings is 1. The molecular formula is C23H32N2O4. The van der Waals surface area contributed by atoms with Crippen LogP contribution in [-0.2, 0) is 14.9 Å². The van der Waals surface area contributed by atoms with Gasteiger partial charge in [-0.25, -0.2) is 4.79 Å². The maximum absolute atomic E-state index is 12.8. The number of ether oxygens (including phenoxy) is 2. The summed E-state index contributed by atoms with van der Waals surface area (Å²) in [5.74, 6) is 1.06. The smallest absolute Gasteiger partial charge is 0.410 e. The molecule has 0 spiro atoms. The topological polar surface area (TPSA) is 67.9 Å². The molecule has 1 aromatic carbocycles. The van der Waals surface area contributed by atoms with Crippen LogP contribution in [0.4, 0.5) is 4.79 Å². The summed E-state index contributed by atoms with van der Waals surface area (Å²) in [6, 6.07) is 8.54. The second-order valence-electron chi connectivity index (χ2n) is 10.2. The summed E-state index contributed by atoms with van der Waals surface area (Å²) < 4.78 is 10.7. The van der Waals surface area contributed by atoms with E-state index < -0.39 is 5.60 Å². The SMILES string of the molecule is COc1ccc(C23CC(C(=O)NC4CC(N(C)C(=O)OC(C)(C)C)C4)(C2)C3)cc1. The minimum absolute atomic E-state index is 0.133. The Kier molecular flexibility index (Phi) is 4.59. The van der Waals surface area contributed by atoms with E-state index in [4.69, 9.17) is 9.47 Å². The molecule has 1 aromatic rings. The van der Waals surface area contributed by atoms with Gasteiger partial charge >= 0.3 is 6.09 Å². The predicted molar refractivity (Wildman–Crippen MR) is 110 cm³/mol. The molecule has 29 heavy (non-hydrogen) atoms. The lowest BCUT2D eigenvalue weighted by Gasteiger charge is -2.70. The molecule has 0 aromatic heterocycles. The number of nitrogens with zero attached hydrogens (tertiary/aromatic N) is 1. The van der Waals surface area contributed by atoms with E-state index in [2.05, 4.69) is 17.4 Å². The third kappa shape index (κ3) is 3.47. The third-order valence-corrected chi connectivity index (χ3v) is 6.89. The Hall–Kier alpha value is -2.24. The average Bonchev–Trinajstić information content (AvgIpc) is 2.54. The number of carbonyl (C=O) groups is 2. The highest BCUT2D eigenvalue weighted by atomic mass is 16.6. The molecule has 2 amide bonds. The van der Waals surface area contributed by atoms with Crippen molar-refractivity contribution in [2.75, 3.05) is 14.2 Å². The fourth-order valence-corrected chi connectivity index (χ4v) is 5.12. The van der Waals surface area contributed by atoms with Gasteiger partial charge in [0.2, 0.25) is 5.91 Å². The lowest BCUT2D eigenvalue weighted by atomic mass is 9.33. The Morgan fingerprint density at radius 1 is 1.10 bits per heavy atom. The number of amides is 2. The zero-order valence-electron chi connectivity index (χ0n) is 18.1. The van der Waals surface area contributed by atoms with Gasteiger partial charge in [0.05, 0.1) is 12.5 Å². The Bertz CT molecular complexity index is 785. The van der Waals surface area contributed by atoms with Gasteiger partial charge in [0.15, 0.2) is 0 Å². The average molecular weight is 401 g/mol. The van der Waals surface area contributed by atoms with Crippen LogP contribution in [0.25, 0.3) is 0 Å². The molecule has 158 valence electrons. The Labute approximate surface area is 172 Å². The summed E-state index contributed by atoms with van der Waals surface area (Å²) in [7, 11) is 3.45. The van der Waals surface area contributed by atoms with Crippen LogP contribution in [0, 0.1) is 5.41 Å². The Balaban J connectivity index is 1.23. The van der Waals surface area contributed by atoms with Crippen molar-refractivity contribution >= 4 is 12.0 Å². The molecule has 1 N–H and O–H groups in total. The van der Waals surface area contributed by atoms with E-state index in [0.717, 1.165) is 37.9 Å². The van der Waals surface area contributed by atoms with Crippen LogP contribution in [0.5, 0.6) is 5.75 Å². The molecule has 0 heterocycles. The minimum atomic E-state index is -0.493. The van der Waals surface area contributed by atoms with E-state index in [0.29, 0.717) is 0 Å². The van der Waals surface area contributed by atoms with Crippen LogP contribution in [-0.4, -0.2) is 48.7 Å². The molecule has 2 bridgehead atoms. The fourth-order valence-electron chi connectivity index (χ4n) is 5.12. The van der Waals surface area contributed by atoms with Crippen molar-refractivity contribution in [1.82, 2.24) is 10.2 Å². The molecule has 5 rings (SSSR count). The minimum Gasteiger partial charge on any atom is -0.497 e. The van der Waals surface area contributed by atoms with Crippen LogP contribution in [0.1, 0.15) is 58.4 Å². The molecule has 4 saturated carbocycles. The summed E-state index contributed by atoms with van der Waals surface area (Å²) >= 11 is 0. The molecule has 0 unspecified atom stereocenters. The van der Waals surface area contributed by atoms with Gasteiger partial charge in [0.25, 0.3) is 0 Å². The third-order valence-electron chi connectivity index (χ3n) is 6.89. The van der Waals surface area contributed by atoms with Gasteiger partial charge in [0, 0.05) is 19.1 Å². The predicted octanol–water partition coefficient (Wildman–Crippen LogP) is 3.63. The van der Waals surface area contributed by atoms with Crippen LogP contribution in [0.3, 0.4) is 0 Å². The molecule has 0 radical (unpaired) electrons.